The molecule has 0 fully saturated rings. The van der Waals surface area contributed by atoms with Crippen molar-refractivity contribution in [2.24, 2.45) is 5.41 Å². The molecule has 0 spiro atoms. The summed E-state index contributed by atoms with van der Waals surface area (Å²) in [4.78, 5) is 11.7. The molecule has 1 nitrogen and oxygen atoms in total. The van der Waals surface area contributed by atoms with Crippen molar-refractivity contribution in [3.63, 3.8) is 0 Å². The van der Waals surface area contributed by atoms with E-state index < -0.39 is 0 Å². The van der Waals surface area contributed by atoms with Crippen molar-refractivity contribution < 1.29 is 4.79 Å². The minimum Gasteiger partial charge on any atom is -0.294 e. The lowest BCUT2D eigenvalue weighted by molar-refractivity contribution is 0.0940. The van der Waals surface area contributed by atoms with Crippen LogP contribution in [-0.4, -0.2) is 5.78 Å². The maximum Gasteiger partial charge on any atom is 0.163 e. The maximum atomic E-state index is 11.7. The van der Waals surface area contributed by atoms with E-state index in [-0.39, 0.29) is 11.2 Å². The number of hydrogen-bond donors (Lipinski definition) is 0. The fourth-order valence-electron chi connectivity index (χ4n) is 1.21. The van der Waals surface area contributed by atoms with Crippen molar-refractivity contribution in [3.05, 3.63) is 35.9 Å². The SMILES string of the molecule is CC.CC(C)(C)CC(=O)c1ccccc1. The zero-order valence-electron chi connectivity index (χ0n) is 10.5. The average molecular weight is 206 g/mol. The van der Waals surface area contributed by atoms with Gasteiger partial charge in [-0.15, -0.1) is 0 Å². The van der Waals surface area contributed by atoms with Gasteiger partial charge in [-0.1, -0.05) is 65.0 Å². The van der Waals surface area contributed by atoms with Crippen molar-refractivity contribution >= 4 is 5.78 Å². The third kappa shape index (κ3) is 6.05. The number of hydrogen-bond acceptors (Lipinski definition) is 1. The number of carbonyl (C=O) groups excluding carboxylic acids is 1. The van der Waals surface area contributed by atoms with Gasteiger partial charge in [0.05, 0.1) is 0 Å². The van der Waals surface area contributed by atoms with Crippen LogP contribution in [0.2, 0.25) is 0 Å². The quantitative estimate of drug-likeness (QED) is 0.658. The molecule has 0 aromatic heterocycles. The van der Waals surface area contributed by atoms with E-state index in [1.165, 1.54) is 0 Å². The fourth-order valence-corrected chi connectivity index (χ4v) is 1.21. The Morgan fingerprint density at radius 2 is 1.53 bits per heavy atom. The Balaban J connectivity index is 0.000000921. The molecule has 0 saturated heterocycles. The summed E-state index contributed by atoms with van der Waals surface area (Å²) in [6.07, 6.45) is 0.608. The van der Waals surface area contributed by atoms with Gasteiger partial charge >= 0.3 is 0 Å². The van der Waals surface area contributed by atoms with E-state index in [1.807, 2.05) is 44.2 Å². The van der Waals surface area contributed by atoms with Gasteiger partial charge in [0.15, 0.2) is 5.78 Å². The first-order chi connectivity index (χ1) is 6.99. The Kier molecular flexibility index (Phi) is 5.92. The normalized spacial score (nSPS) is 10.2. The van der Waals surface area contributed by atoms with E-state index in [2.05, 4.69) is 20.8 Å². The molecule has 84 valence electrons. The lowest BCUT2D eigenvalue weighted by atomic mass is 9.88. The second-order valence-corrected chi connectivity index (χ2v) is 4.53. The standard InChI is InChI=1S/C12H16O.C2H6/c1-12(2,3)9-11(13)10-7-5-4-6-8-10;1-2/h4-8H,9H2,1-3H3;1-2H3. The number of ketones is 1. The molecule has 0 radical (unpaired) electrons. The Morgan fingerprint density at radius 1 is 1.07 bits per heavy atom. The second kappa shape index (κ2) is 6.39. The Morgan fingerprint density at radius 3 is 1.93 bits per heavy atom. The lowest BCUT2D eigenvalue weighted by Crippen LogP contribution is -2.12. The summed E-state index contributed by atoms with van der Waals surface area (Å²) in [6, 6.07) is 9.46. The summed E-state index contributed by atoms with van der Waals surface area (Å²) in [5.74, 6) is 0.230. The highest BCUT2D eigenvalue weighted by molar-refractivity contribution is 5.96. The molecular formula is C14H22O. The Labute approximate surface area is 93.5 Å². The van der Waals surface area contributed by atoms with E-state index in [0.717, 1.165) is 5.56 Å². The van der Waals surface area contributed by atoms with Crippen molar-refractivity contribution in [2.75, 3.05) is 0 Å². The van der Waals surface area contributed by atoms with Gasteiger partial charge in [-0.25, -0.2) is 0 Å². The molecule has 0 unspecified atom stereocenters. The summed E-state index contributed by atoms with van der Waals surface area (Å²) < 4.78 is 0. The topological polar surface area (TPSA) is 17.1 Å². The molecule has 0 bridgehead atoms. The average Bonchev–Trinajstić information content (AvgIpc) is 2.20. The van der Waals surface area contributed by atoms with Crippen LogP contribution in [0, 0.1) is 5.41 Å². The zero-order chi connectivity index (χ0) is 11.9. The van der Waals surface area contributed by atoms with Gasteiger partial charge in [-0.3, -0.25) is 4.79 Å². The minimum absolute atomic E-state index is 0.0763. The van der Waals surface area contributed by atoms with Gasteiger partial charge in [-0.05, 0) is 5.41 Å². The highest BCUT2D eigenvalue weighted by Crippen LogP contribution is 2.21. The van der Waals surface area contributed by atoms with Crippen molar-refractivity contribution in [3.8, 4) is 0 Å². The zero-order valence-corrected chi connectivity index (χ0v) is 10.5. The number of Topliss-reactive ketones (excluding diaryl/α,β-unsaturated/α-hetero) is 1. The van der Waals surface area contributed by atoms with Gasteiger partial charge in [-0.2, -0.15) is 0 Å². The van der Waals surface area contributed by atoms with Gasteiger partial charge in [0.25, 0.3) is 0 Å². The largest absolute Gasteiger partial charge is 0.294 e. The summed E-state index contributed by atoms with van der Waals surface area (Å²) >= 11 is 0. The van der Waals surface area contributed by atoms with Crippen LogP contribution in [0.3, 0.4) is 0 Å². The number of benzene rings is 1. The summed E-state index contributed by atoms with van der Waals surface area (Å²) in [7, 11) is 0. The highest BCUT2D eigenvalue weighted by Gasteiger charge is 2.16. The Hall–Kier alpha value is -1.11. The number of carbonyl (C=O) groups is 1. The summed E-state index contributed by atoms with van der Waals surface area (Å²) in [6.45, 7) is 10.2. The first-order valence-corrected chi connectivity index (χ1v) is 5.57. The molecule has 1 heteroatoms. The summed E-state index contributed by atoms with van der Waals surface area (Å²) in [5, 5.41) is 0. The van der Waals surface area contributed by atoms with Crippen molar-refractivity contribution in [1.82, 2.24) is 0 Å². The van der Waals surface area contributed by atoms with Gasteiger partial charge < -0.3 is 0 Å². The van der Waals surface area contributed by atoms with Crippen LogP contribution in [0.1, 0.15) is 51.4 Å². The molecule has 0 aliphatic rings. The molecule has 1 aromatic rings. The van der Waals surface area contributed by atoms with Crippen LogP contribution in [0.25, 0.3) is 0 Å². The van der Waals surface area contributed by atoms with Crippen LogP contribution < -0.4 is 0 Å². The molecule has 0 aliphatic heterocycles. The van der Waals surface area contributed by atoms with Crippen LogP contribution in [-0.2, 0) is 0 Å². The van der Waals surface area contributed by atoms with E-state index in [0.29, 0.717) is 6.42 Å². The third-order valence-electron chi connectivity index (χ3n) is 1.79. The molecule has 0 N–H and O–H groups in total. The lowest BCUT2D eigenvalue weighted by Gasteiger charge is -2.16. The smallest absolute Gasteiger partial charge is 0.163 e. The molecule has 0 amide bonds. The molecular weight excluding hydrogens is 184 g/mol. The van der Waals surface area contributed by atoms with Crippen LogP contribution in [0.5, 0.6) is 0 Å². The van der Waals surface area contributed by atoms with Gasteiger partial charge in [0.2, 0.25) is 0 Å². The monoisotopic (exact) mass is 206 g/mol. The Bertz CT molecular complexity index is 280. The third-order valence-corrected chi connectivity index (χ3v) is 1.79. The predicted octanol–water partition coefficient (Wildman–Crippen LogP) is 4.33. The van der Waals surface area contributed by atoms with Gasteiger partial charge in [0, 0.05) is 12.0 Å². The van der Waals surface area contributed by atoms with E-state index in [1.54, 1.807) is 0 Å². The second-order valence-electron chi connectivity index (χ2n) is 4.53. The van der Waals surface area contributed by atoms with Crippen molar-refractivity contribution in [1.29, 1.82) is 0 Å². The van der Waals surface area contributed by atoms with Crippen LogP contribution in [0.15, 0.2) is 30.3 Å². The van der Waals surface area contributed by atoms with Crippen LogP contribution >= 0.6 is 0 Å². The van der Waals surface area contributed by atoms with E-state index in [9.17, 15) is 4.79 Å². The van der Waals surface area contributed by atoms with Gasteiger partial charge in [0.1, 0.15) is 0 Å². The first kappa shape index (κ1) is 13.9. The molecule has 1 rings (SSSR count). The van der Waals surface area contributed by atoms with E-state index in [4.69, 9.17) is 0 Å². The number of rotatable bonds is 2. The molecule has 1 aromatic carbocycles. The highest BCUT2D eigenvalue weighted by atomic mass is 16.1. The van der Waals surface area contributed by atoms with Crippen LogP contribution in [0.4, 0.5) is 0 Å². The maximum absolute atomic E-state index is 11.7. The minimum atomic E-state index is 0.0763. The summed E-state index contributed by atoms with van der Waals surface area (Å²) in [5.41, 5.74) is 0.893. The predicted molar refractivity (Wildman–Crippen MR) is 66.2 cm³/mol. The van der Waals surface area contributed by atoms with E-state index >= 15 is 0 Å². The van der Waals surface area contributed by atoms with Crippen molar-refractivity contribution in [2.45, 2.75) is 41.0 Å². The first-order valence-electron chi connectivity index (χ1n) is 5.57. The molecule has 0 aliphatic carbocycles. The molecule has 0 saturated carbocycles. The molecule has 0 atom stereocenters. The fraction of sp³-hybridized carbons (Fsp3) is 0.500. The molecule has 15 heavy (non-hydrogen) atoms. The molecule has 0 heterocycles.